The molecule has 0 spiro atoms. The quantitative estimate of drug-likeness (QED) is 0.837. The normalized spacial score (nSPS) is 24.4. The third-order valence-electron chi connectivity index (χ3n) is 5.47. The Morgan fingerprint density at radius 1 is 1.09 bits per heavy atom. The van der Waals surface area contributed by atoms with Gasteiger partial charge in [0.2, 0.25) is 5.91 Å². The predicted octanol–water partition coefficient (Wildman–Crippen LogP) is 4.06. The number of rotatable bonds is 3. The fourth-order valence-electron chi connectivity index (χ4n) is 3.59. The highest BCUT2D eigenvalue weighted by atomic mass is 16.2. The molecule has 2 nitrogen and oxygen atoms in total. The van der Waals surface area contributed by atoms with Gasteiger partial charge in [-0.3, -0.25) is 4.79 Å². The van der Waals surface area contributed by atoms with Gasteiger partial charge in [0.25, 0.3) is 0 Å². The van der Waals surface area contributed by atoms with Crippen LogP contribution >= 0.6 is 0 Å². The summed E-state index contributed by atoms with van der Waals surface area (Å²) in [6.45, 7) is 6.30. The van der Waals surface area contributed by atoms with E-state index in [1.165, 1.54) is 5.56 Å². The predicted molar refractivity (Wildman–Crippen MR) is 94.3 cm³/mol. The zero-order valence-electron chi connectivity index (χ0n) is 14.0. The van der Waals surface area contributed by atoms with Crippen molar-refractivity contribution in [2.75, 3.05) is 13.1 Å². The van der Waals surface area contributed by atoms with Gasteiger partial charge < -0.3 is 4.90 Å². The van der Waals surface area contributed by atoms with Crippen LogP contribution in [0.5, 0.6) is 0 Å². The number of carbonyl (C=O) groups excluding carboxylic acids is 1. The lowest BCUT2D eigenvalue weighted by Gasteiger charge is -2.45. The molecule has 1 amide bonds. The maximum absolute atomic E-state index is 12.6. The molecule has 3 rings (SSSR count). The highest BCUT2D eigenvalue weighted by Gasteiger charge is 2.38. The summed E-state index contributed by atoms with van der Waals surface area (Å²) in [7, 11) is 0. The van der Waals surface area contributed by atoms with E-state index in [0.29, 0.717) is 12.3 Å². The first kappa shape index (κ1) is 15.8. The number of benzene rings is 2. The minimum atomic E-state index is 0.158. The van der Waals surface area contributed by atoms with E-state index >= 15 is 0 Å². The summed E-state index contributed by atoms with van der Waals surface area (Å²) < 4.78 is 0. The summed E-state index contributed by atoms with van der Waals surface area (Å²) >= 11 is 0. The summed E-state index contributed by atoms with van der Waals surface area (Å²) in [5.74, 6) is 0.705. The molecule has 1 fully saturated rings. The topological polar surface area (TPSA) is 20.3 Å². The molecule has 2 heteroatoms. The molecule has 1 heterocycles. The van der Waals surface area contributed by atoms with Crippen molar-refractivity contribution in [2.24, 2.45) is 5.92 Å². The lowest BCUT2D eigenvalue weighted by atomic mass is 9.68. The molecule has 1 aliphatic rings. The van der Waals surface area contributed by atoms with Crippen molar-refractivity contribution in [1.29, 1.82) is 0 Å². The Kier molecular flexibility index (Phi) is 4.51. The first-order valence-corrected chi connectivity index (χ1v) is 8.47. The number of piperidine rings is 1. The number of likely N-dealkylation sites (tertiary alicyclic amines) is 1. The van der Waals surface area contributed by atoms with E-state index in [0.717, 1.165) is 25.1 Å². The molecule has 0 saturated carbocycles. The van der Waals surface area contributed by atoms with Crippen LogP contribution in [-0.2, 0) is 16.6 Å². The molecular formula is C21H25NO. The molecule has 23 heavy (non-hydrogen) atoms. The van der Waals surface area contributed by atoms with Gasteiger partial charge in [0.05, 0.1) is 6.42 Å². The Hall–Kier alpha value is -2.09. The number of carbonyl (C=O) groups is 1. The van der Waals surface area contributed by atoms with E-state index in [-0.39, 0.29) is 11.3 Å². The molecule has 0 radical (unpaired) electrons. The Morgan fingerprint density at radius 2 is 1.70 bits per heavy atom. The second-order valence-corrected chi connectivity index (χ2v) is 6.94. The van der Waals surface area contributed by atoms with Crippen molar-refractivity contribution in [1.82, 2.24) is 4.90 Å². The van der Waals surface area contributed by atoms with Crippen LogP contribution in [-0.4, -0.2) is 23.9 Å². The van der Waals surface area contributed by atoms with Crippen molar-refractivity contribution in [3.05, 3.63) is 71.8 Å². The molecule has 1 saturated heterocycles. The van der Waals surface area contributed by atoms with E-state index in [1.807, 2.05) is 35.2 Å². The largest absolute Gasteiger partial charge is 0.342 e. The van der Waals surface area contributed by atoms with Crippen LogP contribution in [0, 0.1) is 5.92 Å². The van der Waals surface area contributed by atoms with Crippen LogP contribution in [0.4, 0.5) is 0 Å². The van der Waals surface area contributed by atoms with E-state index in [1.54, 1.807) is 0 Å². The van der Waals surface area contributed by atoms with Crippen LogP contribution in [0.3, 0.4) is 0 Å². The van der Waals surface area contributed by atoms with Gasteiger partial charge in [0.15, 0.2) is 0 Å². The molecule has 2 atom stereocenters. The molecule has 0 bridgehead atoms. The second-order valence-electron chi connectivity index (χ2n) is 6.94. The standard InChI is InChI=1S/C21H25NO/c1-17-16-22(20(23)15-18-9-5-3-6-10-18)14-13-21(17,2)19-11-7-4-8-12-19/h3-12,17H,13-16H2,1-2H3/t17-,21-/m0/s1. The van der Waals surface area contributed by atoms with Gasteiger partial charge in [-0.15, -0.1) is 0 Å². The zero-order chi connectivity index (χ0) is 16.3. The summed E-state index contributed by atoms with van der Waals surface area (Å²) in [6, 6.07) is 20.8. The van der Waals surface area contributed by atoms with Crippen molar-refractivity contribution < 1.29 is 4.79 Å². The fourth-order valence-corrected chi connectivity index (χ4v) is 3.59. The third-order valence-corrected chi connectivity index (χ3v) is 5.47. The fraction of sp³-hybridized carbons (Fsp3) is 0.381. The summed E-state index contributed by atoms with van der Waals surface area (Å²) in [6.07, 6.45) is 1.54. The Labute approximate surface area is 139 Å². The SMILES string of the molecule is C[C@H]1CN(C(=O)Cc2ccccc2)CC[C@]1(C)c1ccccc1. The van der Waals surface area contributed by atoms with Crippen molar-refractivity contribution in [3.63, 3.8) is 0 Å². The summed E-state index contributed by atoms with van der Waals surface area (Å²) in [4.78, 5) is 14.6. The maximum atomic E-state index is 12.6. The molecule has 2 aromatic carbocycles. The number of hydrogen-bond acceptors (Lipinski definition) is 1. The average Bonchev–Trinajstić information content (AvgIpc) is 2.59. The van der Waals surface area contributed by atoms with Crippen molar-refractivity contribution in [2.45, 2.75) is 32.1 Å². The van der Waals surface area contributed by atoms with Gasteiger partial charge in [-0.1, -0.05) is 74.5 Å². The first-order valence-electron chi connectivity index (χ1n) is 8.47. The molecule has 0 N–H and O–H groups in total. The van der Waals surface area contributed by atoms with Gasteiger partial charge in [0.1, 0.15) is 0 Å². The van der Waals surface area contributed by atoms with Crippen LogP contribution in [0.15, 0.2) is 60.7 Å². The van der Waals surface area contributed by atoms with Gasteiger partial charge in [0, 0.05) is 13.1 Å². The monoisotopic (exact) mass is 307 g/mol. The van der Waals surface area contributed by atoms with Crippen LogP contribution in [0.2, 0.25) is 0 Å². The highest BCUT2D eigenvalue weighted by Crippen LogP contribution is 2.39. The number of nitrogens with zero attached hydrogens (tertiary/aromatic N) is 1. The van der Waals surface area contributed by atoms with Crippen LogP contribution in [0.1, 0.15) is 31.4 Å². The van der Waals surface area contributed by atoms with E-state index in [2.05, 4.69) is 44.2 Å². The van der Waals surface area contributed by atoms with Gasteiger partial charge in [-0.2, -0.15) is 0 Å². The molecule has 120 valence electrons. The smallest absolute Gasteiger partial charge is 0.226 e. The molecule has 0 aromatic heterocycles. The van der Waals surface area contributed by atoms with Crippen molar-refractivity contribution >= 4 is 5.91 Å². The highest BCUT2D eigenvalue weighted by molar-refractivity contribution is 5.79. The van der Waals surface area contributed by atoms with Crippen molar-refractivity contribution in [3.8, 4) is 0 Å². The summed E-state index contributed by atoms with van der Waals surface area (Å²) in [5.41, 5.74) is 2.65. The first-order chi connectivity index (χ1) is 11.1. The van der Waals surface area contributed by atoms with Crippen LogP contribution < -0.4 is 0 Å². The number of amides is 1. The molecule has 1 aliphatic heterocycles. The van der Waals surface area contributed by atoms with Gasteiger partial charge in [-0.05, 0) is 28.9 Å². The number of hydrogen-bond donors (Lipinski definition) is 0. The Balaban J connectivity index is 1.68. The minimum absolute atomic E-state index is 0.158. The van der Waals surface area contributed by atoms with E-state index in [9.17, 15) is 4.79 Å². The zero-order valence-corrected chi connectivity index (χ0v) is 14.0. The lowest BCUT2D eigenvalue weighted by molar-refractivity contribution is -0.133. The Bertz CT molecular complexity index is 652. The molecule has 2 aromatic rings. The Morgan fingerprint density at radius 3 is 2.30 bits per heavy atom. The average molecular weight is 307 g/mol. The van der Waals surface area contributed by atoms with Gasteiger partial charge in [-0.25, -0.2) is 0 Å². The third kappa shape index (κ3) is 3.31. The second kappa shape index (κ2) is 6.57. The van der Waals surface area contributed by atoms with E-state index < -0.39 is 0 Å². The molecular weight excluding hydrogens is 282 g/mol. The maximum Gasteiger partial charge on any atom is 0.226 e. The molecule has 0 aliphatic carbocycles. The van der Waals surface area contributed by atoms with E-state index in [4.69, 9.17) is 0 Å². The van der Waals surface area contributed by atoms with Gasteiger partial charge >= 0.3 is 0 Å². The minimum Gasteiger partial charge on any atom is -0.342 e. The molecule has 0 unspecified atom stereocenters. The van der Waals surface area contributed by atoms with Crippen LogP contribution in [0.25, 0.3) is 0 Å². The lowest BCUT2D eigenvalue weighted by Crippen LogP contribution is -2.49. The summed E-state index contributed by atoms with van der Waals surface area (Å²) in [5, 5.41) is 0.